The molecule has 2 saturated heterocycles. The Morgan fingerprint density at radius 3 is 2.78 bits per heavy atom. The highest BCUT2D eigenvalue weighted by Gasteiger charge is 2.38. The Balaban J connectivity index is 1.37. The van der Waals surface area contributed by atoms with Crippen LogP contribution >= 0.6 is 0 Å². The number of carbonyl (C=O) groups is 2. The molecule has 0 saturated carbocycles. The minimum absolute atomic E-state index is 0.144. The van der Waals surface area contributed by atoms with Crippen LogP contribution in [0.4, 0.5) is 5.69 Å². The fourth-order valence-electron chi connectivity index (χ4n) is 3.70. The third-order valence-electron chi connectivity index (χ3n) is 5.30. The summed E-state index contributed by atoms with van der Waals surface area (Å²) in [7, 11) is 2.04. The Labute approximate surface area is 157 Å². The van der Waals surface area contributed by atoms with Crippen LogP contribution in [0.1, 0.15) is 6.42 Å². The van der Waals surface area contributed by atoms with Gasteiger partial charge in [0.25, 0.3) is 0 Å². The smallest absolute Gasteiger partial charge is 0.313 e. The van der Waals surface area contributed by atoms with Crippen LogP contribution in [0.3, 0.4) is 0 Å². The first-order chi connectivity index (χ1) is 13.1. The molecule has 1 aromatic carbocycles. The van der Waals surface area contributed by atoms with E-state index in [1.54, 1.807) is 23.2 Å². The number of rotatable bonds is 2. The molecule has 2 aromatic rings. The number of aromatic nitrogens is 2. The number of hydrogen-bond donors (Lipinski definition) is 2. The Hall–Kier alpha value is -2.71. The Morgan fingerprint density at radius 2 is 2.04 bits per heavy atom. The summed E-state index contributed by atoms with van der Waals surface area (Å²) >= 11 is 0. The molecule has 3 heterocycles. The quantitative estimate of drug-likeness (QED) is 0.769. The maximum absolute atomic E-state index is 12.6. The molecule has 2 atom stereocenters. The lowest BCUT2D eigenvalue weighted by atomic mass is 9.99. The fraction of sp³-hybridized carbons (Fsp3) is 0.421. The molecule has 0 spiro atoms. The molecule has 1 aromatic heterocycles. The second-order valence-corrected chi connectivity index (χ2v) is 7.00. The van der Waals surface area contributed by atoms with E-state index in [0.717, 1.165) is 30.8 Å². The zero-order valence-corrected chi connectivity index (χ0v) is 15.2. The summed E-state index contributed by atoms with van der Waals surface area (Å²) in [6, 6.07) is 9.30. The third-order valence-corrected chi connectivity index (χ3v) is 5.30. The average Bonchev–Trinajstić information content (AvgIpc) is 3.23. The first-order valence-corrected chi connectivity index (χ1v) is 9.14. The van der Waals surface area contributed by atoms with E-state index in [-0.39, 0.29) is 12.1 Å². The van der Waals surface area contributed by atoms with Gasteiger partial charge in [0.1, 0.15) is 0 Å². The van der Waals surface area contributed by atoms with E-state index in [9.17, 15) is 9.59 Å². The Morgan fingerprint density at radius 1 is 1.22 bits per heavy atom. The number of amides is 2. The standard InChI is InChI=1S/C19H23N5O3/c1-23-10-11-27-17-7-9-24(12-16(17)23)19(26)18(25)21-14-4-2-13(3-5-14)15-6-8-20-22-15/h2-6,8,16-17H,7,9-12H2,1H3,(H,20,22)(H,21,25). The number of hydrogen-bond acceptors (Lipinski definition) is 5. The molecule has 2 aliphatic rings. The fourth-order valence-corrected chi connectivity index (χ4v) is 3.70. The van der Waals surface area contributed by atoms with Gasteiger partial charge < -0.3 is 15.0 Å². The van der Waals surface area contributed by atoms with E-state index in [1.807, 2.05) is 25.2 Å². The van der Waals surface area contributed by atoms with Gasteiger partial charge in [0, 0.05) is 31.5 Å². The number of ether oxygens (including phenoxy) is 1. The van der Waals surface area contributed by atoms with Crippen molar-refractivity contribution in [2.24, 2.45) is 0 Å². The van der Waals surface area contributed by atoms with Crippen molar-refractivity contribution in [3.63, 3.8) is 0 Å². The molecule has 2 aliphatic heterocycles. The molecule has 2 amide bonds. The Kier molecular flexibility index (Phi) is 4.91. The number of morpholine rings is 1. The van der Waals surface area contributed by atoms with Crippen molar-refractivity contribution in [2.45, 2.75) is 18.6 Å². The van der Waals surface area contributed by atoms with E-state index in [4.69, 9.17) is 4.74 Å². The first-order valence-electron chi connectivity index (χ1n) is 9.14. The van der Waals surface area contributed by atoms with Gasteiger partial charge in [-0.05, 0) is 37.2 Å². The molecule has 0 bridgehead atoms. The van der Waals surface area contributed by atoms with E-state index < -0.39 is 11.8 Å². The molecule has 8 heteroatoms. The minimum atomic E-state index is -0.609. The number of anilines is 1. The second kappa shape index (κ2) is 7.50. The minimum Gasteiger partial charge on any atom is -0.375 e. The zero-order chi connectivity index (χ0) is 18.8. The van der Waals surface area contributed by atoms with E-state index in [2.05, 4.69) is 20.4 Å². The molecule has 0 radical (unpaired) electrons. The number of nitrogens with one attached hydrogen (secondary N) is 2. The van der Waals surface area contributed by atoms with Gasteiger partial charge in [-0.1, -0.05) is 12.1 Å². The van der Waals surface area contributed by atoms with Crippen molar-refractivity contribution in [2.75, 3.05) is 38.6 Å². The van der Waals surface area contributed by atoms with Gasteiger partial charge >= 0.3 is 11.8 Å². The number of aromatic amines is 1. The molecule has 8 nitrogen and oxygen atoms in total. The van der Waals surface area contributed by atoms with Crippen LogP contribution in [0, 0.1) is 0 Å². The van der Waals surface area contributed by atoms with Gasteiger partial charge in [-0.3, -0.25) is 19.6 Å². The highest BCUT2D eigenvalue weighted by Crippen LogP contribution is 2.22. The number of nitrogens with zero attached hydrogens (tertiary/aromatic N) is 3. The number of likely N-dealkylation sites (N-methyl/N-ethyl adjacent to an activating group) is 1. The van der Waals surface area contributed by atoms with Crippen molar-refractivity contribution < 1.29 is 14.3 Å². The molecule has 4 rings (SSSR count). The normalized spacial score (nSPS) is 22.9. The van der Waals surface area contributed by atoms with Crippen LogP contribution in [0.25, 0.3) is 11.3 Å². The topological polar surface area (TPSA) is 90.6 Å². The lowest BCUT2D eigenvalue weighted by Gasteiger charge is -2.45. The summed E-state index contributed by atoms with van der Waals surface area (Å²) in [4.78, 5) is 28.8. The van der Waals surface area contributed by atoms with Crippen molar-refractivity contribution in [1.29, 1.82) is 0 Å². The molecule has 2 N–H and O–H groups in total. The molecule has 0 aliphatic carbocycles. The van der Waals surface area contributed by atoms with Gasteiger partial charge in [0.15, 0.2) is 0 Å². The van der Waals surface area contributed by atoms with E-state index >= 15 is 0 Å². The highest BCUT2D eigenvalue weighted by atomic mass is 16.5. The summed E-state index contributed by atoms with van der Waals surface area (Å²) in [5, 5.41) is 9.50. The van der Waals surface area contributed by atoms with Gasteiger partial charge in [0.05, 0.1) is 24.4 Å². The number of benzene rings is 1. The number of fused-ring (bicyclic) bond motifs is 1. The SMILES string of the molecule is CN1CCOC2CCN(C(=O)C(=O)Nc3ccc(-c4ccn[nH]4)cc3)CC21. The third kappa shape index (κ3) is 3.72. The summed E-state index contributed by atoms with van der Waals surface area (Å²) < 4.78 is 5.79. The molecule has 27 heavy (non-hydrogen) atoms. The maximum atomic E-state index is 12.6. The predicted molar refractivity (Wildman–Crippen MR) is 100 cm³/mol. The average molecular weight is 369 g/mol. The number of piperidine rings is 1. The Bertz CT molecular complexity index is 805. The van der Waals surface area contributed by atoms with Crippen LogP contribution in [-0.2, 0) is 14.3 Å². The largest absolute Gasteiger partial charge is 0.375 e. The predicted octanol–water partition coefficient (Wildman–Crippen LogP) is 0.947. The number of likely N-dealkylation sites (tertiary alicyclic amines) is 1. The van der Waals surface area contributed by atoms with Crippen molar-refractivity contribution in [3.05, 3.63) is 36.5 Å². The first kappa shape index (κ1) is 17.7. The van der Waals surface area contributed by atoms with Gasteiger partial charge in [0.2, 0.25) is 0 Å². The van der Waals surface area contributed by atoms with Crippen LogP contribution in [0.5, 0.6) is 0 Å². The summed E-state index contributed by atoms with van der Waals surface area (Å²) in [5.74, 6) is -1.10. The molecule has 142 valence electrons. The molecular formula is C19H23N5O3. The van der Waals surface area contributed by atoms with Crippen molar-refractivity contribution in [3.8, 4) is 11.3 Å². The lowest BCUT2D eigenvalue weighted by Crippen LogP contribution is -2.60. The summed E-state index contributed by atoms with van der Waals surface area (Å²) in [6.45, 7) is 2.63. The molecule has 2 unspecified atom stereocenters. The van der Waals surface area contributed by atoms with E-state index in [0.29, 0.717) is 18.8 Å². The highest BCUT2D eigenvalue weighted by molar-refractivity contribution is 6.39. The van der Waals surface area contributed by atoms with Crippen LogP contribution in [0.2, 0.25) is 0 Å². The second-order valence-electron chi connectivity index (χ2n) is 7.00. The van der Waals surface area contributed by atoms with Gasteiger partial charge in [-0.2, -0.15) is 5.10 Å². The van der Waals surface area contributed by atoms with E-state index in [1.165, 1.54) is 0 Å². The van der Waals surface area contributed by atoms with Gasteiger partial charge in [-0.15, -0.1) is 0 Å². The number of H-pyrrole nitrogens is 1. The molecule has 2 fully saturated rings. The van der Waals surface area contributed by atoms with Crippen molar-refractivity contribution in [1.82, 2.24) is 20.0 Å². The van der Waals surface area contributed by atoms with Crippen LogP contribution in [0.15, 0.2) is 36.5 Å². The van der Waals surface area contributed by atoms with Crippen LogP contribution in [-0.4, -0.2) is 77.2 Å². The lowest BCUT2D eigenvalue weighted by molar-refractivity contribution is -0.149. The molecular weight excluding hydrogens is 346 g/mol. The zero-order valence-electron chi connectivity index (χ0n) is 15.2. The monoisotopic (exact) mass is 369 g/mol. The number of carbonyl (C=O) groups excluding carboxylic acids is 2. The van der Waals surface area contributed by atoms with Gasteiger partial charge in [-0.25, -0.2) is 0 Å². The van der Waals surface area contributed by atoms with Crippen LogP contribution < -0.4 is 5.32 Å². The van der Waals surface area contributed by atoms with Crippen molar-refractivity contribution >= 4 is 17.5 Å². The summed E-state index contributed by atoms with van der Waals surface area (Å²) in [5.41, 5.74) is 2.44. The maximum Gasteiger partial charge on any atom is 0.313 e. The summed E-state index contributed by atoms with van der Waals surface area (Å²) in [6.07, 6.45) is 2.58.